The fourth-order valence-electron chi connectivity index (χ4n) is 6.80. The molecule has 2 aromatic carbocycles. The zero-order valence-corrected chi connectivity index (χ0v) is 27.6. The predicted molar refractivity (Wildman–Crippen MR) is 179 cm³/mol. The van der Waals surface area contributed by atoms with Crippen LogP contribution in [0.15, 0.2) is 48.5 Å². The molecule has 5 rings (SSSR count). The topological polar surface area (TPSA) is 131 Å². The van der Waals surface area contributed by atoms with Crippen molar-refractivity contribution in [3.8, 4) is 0 Å². The third kappa shape index (κ3) is 9.47. The van der Waals surface area contributed by atoms with E-state index >= 15 is 0 Å². The van der Waals surface area contributed by atoms with Gasteiger partial charge in [-0.05, 0) is 36.5 Å². The van der Waals surface area contributed by atoms with Crippen molar-refractivity contribution in [3.63, 3.8) is 0 Å². The second-order valence-electron chi connectivity index (χ2n) is 12.9. The second kappa shape index (κ2) is 17.2. The molecule has 3 aliphatic heterocycles. The molecule has 3 aliphatic rings. The molecule has 10 nitrogen and oxygen atoms in total. The first kappa shape index (κ1) is 35.7. The van der Waals surface area contributed by atoms with E-state index in [1.807, 2.05) is 49.4 Å². The Balaban J connectivity index is 0.00000480. The van der Waals surface area contributed by atoms with Gasteiger partial charge < -0.3 is 30.3 Å². The lowest BCUT2D eigenvalue weighted by Crippen LogP contribution is -2.56. The number of nitrogens with one attached hydrogen (secondary N) is 2. The molecular weight excluding hydrogens is 607 g/mol. The molecule has 250 valence electrons. The highest BCUT2D eigenvalue weighted by Crippen LogP contribution is 2.27. The average Bonchev–Trinajstić information content (AvgIpc) is 3.65. The molecule has 0 saturated carbocycles. The van der Waals surface area contributed by atoms with Gasteiger partial charge in [0.05, 0.1) is 18.5 Å². The van der Waals surface area contributed by atoms with Crippen molar-refractivity contribution in [3.05, 3.63) is 70.8 Å². The van der Waals surface area contributed by atoms with Gasteiger partial charge in [-0.3, -0.25) is 14.5 Å². The minimum Gasteiger partial charge on any atom is -0.444 e. The van der Waals surface area contributed by atoms with Gasteiger partial charge >= 0.3 is 13.2 Å². The molecule has 3 heterocycles. The summed E-state index contributed by atoms with van der Waals surface area (Å²) in [6, 6.07) is 14.6. The van der Waals surface area contributed by atoms with Crippen LogP contribution in [0.25, 0.3) is 0 Å². The highest BCUT2D eigenvalue weighted by molar-refractivity contribution is 6.43. The molecule has 0 radical (unpaired) electrons. The van der Waals surface area contributed by atoms with E-state index in [2.05, 4.69) is 16.7 Å². The maximum atomic E-state index is 14.2. The number of nitrogens with zero attached hydrogens (tertiary/aromatic N) is 2. The largest absolute Gasteiger partial charge is 0.475 e. The van der Waals surface area contributed by atoms with E-state index in [0.29, 0.717) is 32.5 Å². The van der Waals surface area contributed by atoms with Crippen molar-refractivity contribution in [2.24, 2.45) is 0 Å². The van der Waals surface area contributed by atoms with Gasteiger partial charge in [0.2, 0.25) is 11.8 Å². The van der Waals surface area contributed by atoms with Crippen molar-refractivity contribution in [2.75, 3.05) is 6.54 Å². The third-order valence-corrected chi connectivity index (χ3v) is 9.34. The van der Waals surface area contributed by atoms with Gasteiger partial charge in [-0.1, -0.05) is 99.0 Å². The lowest BCUT2D eigenvalue weighted by atomic mass is 9.76. The summed E-state index contributed by atoms with van der Waals surface area (Å²) in [5.74, 6) is -1.51. The molecule has 0 aromatic heterocycles. The van der Waals surface area contributed by atoms with Crippen LogP contribution >= 0.6 is 12.4 Å². The Morgan fingerprint density at radius 1 is 0.957 bits per heavy atom. The molecule has 0 spiro atoms. The molecule has 2 fully saturated rings. The maximum absolute atomic E-state index is 14.2. The van der Waals surface area contributed by atoms with E-state index in [0.717, 1.165) is 67.2 Å². The second-order valence-corrected chi connectivity index (χ2v) is 12.9. The van der Waals surface area contributed by atoms with Crippen molar-refractivity contribution >= 4 is 37.4 Å². The lowest BCUT2D eigenvalue weighted by Gasteiger charge is -2.30. The summed E-state index contributed by atoms with van der Waals surface area (Å²) in [4.78, 5) is 44.3. The van der Waals surface area contributed by atoms with Crippen LogP contribution in [0, 0.1) is 6.92 Å². The molecule has 4 atom stereocenters. The van der Waals surface area contributed by atoms with Crippen molar-refractivity contribution in [2.45, 2.75) is 115 Å². The van der Waals surface area contributed by atoms with E-state index in [1.54, 1.807) is 4.90 Å². The number of aryl methyl sites for hydroxylation is 1. The number of carbonyl (C=O) groups excluding carboxylic acids is 3. The Morgan fingerprint density at radius 2 is 1.61 bits per heavy atom. The molecule has 2 aromatic rings. The Labute approximate surface area is 278 Å². The van der Waals surface area contributed by atoms with Gasteiger partial charge in [-0.25, -0.2) is 4.79 Å². The number of hydrogen-bond acceptors (Lipinski definition) is 7. The van der Waals surface area contributed by atoms with Gasteiger partial charge in [-0.15, -0.1) is 12.4 Å². The van der Waals surface area contributed by atoms with E-state index in [4.69, 9.17) is 4.74 Å². The molecule has 1 unspecified atom stereocenters. The third-order valence-electron chi connectivity index (χ3n) is 9.34. The first-order valence-electron chi connectivity index (χ1n) is 16.6. The van der Waals surface area contributed by atoms with Crippen LogP contribution in [0.1, 0.15) is 86.5 Å². The Morgan fingerprint density at radius 3 is 2.26 bits per heavy atom. The normalized spacial score (nSPS) is 24.4. The van der Waals surface area contributed by atoms with Gasteiger partial charge in [-0.2, -0.15) is 0 Å². The number of rotatable bonds is 5. The number of ether oxygens (including phenoxy) is 1. The van der Waals surface area contributed by atoms with Gasteiger partial charge in [0, 0.05) is 26.1 Å². The van der Waals surface area contributed by atoms with E-state index in [1.165, 1.54) is 4.90 Å². The van der Waals surface area contributed by atoms with Crippen LogP contribution in [-0.4, -0.2) is 75.5 Å². The first-order chi connectivity index (χ1) is 21.8. The standard InChI is InChI=1S/C34H47BN4O6.ClH/c1-24-12-11-13-25(18-24)20-36-29-16-7-5-3-2-4-6-8-17-31(35(43)44)37-32(40)30-19-28(23-39(30)33(29)41)45-34(42)38-21-26-14-9-10-15-27(26)22-38;/h9-15,18,28-31,36,43-44H,2-8,16-17,19-23H2,1H3,(H,37,40);1H/t28-,29?,30+,31-;/m1./s1. The molecule has 0 aliphatic carbocycles. The van der Waals surface area contributed by atoms with Crippen LogP contribution in [0.3, 0.4) is 0 Å². The number of fused-ring (bicyclic) bond motifs is 2. The predicted octanol–water partition coefficient (Wildman–Crippen LogP) is 4.02. The number of hydrogen-bond donors (Lipinski definition) is 4. The molecule has 0 bridgehead atoms. The summed E-state index contributed by atoms with van der Waals surface area (Å²) in [6.45, 7) is 3.55. The summed E-state index contributed by atoms with van der Waals surface area (Å²) < 4.78 is 5.93. The number of halogens is 1. The van der Waals surface area contributed by atoms with Crippen LogP contribution in [0.2, 0.25) is 0 Å². The molecule has 4 N–H and O–H groups in total. The molecule has 3 amide bonds. The van der Waals surface area contributed by atoms with Crippen LogP contribution in [0.4, 0.5) is 4.79 Å². The summed E-state index contributed by atoms with van der Waals surface area (Å²) in [6.07, 6.45) is 6.87. The van der Waals surface area contributed by atoms with E-state index < -0.39 is 43.2 Å². The molecular formula is C34H48BClN4O6. The maximum Gasteiger partial charge on any atom is 0.475 e. The summed E-state index contributed by atoms with van der Waals surface area (Å²) >= 11 is 0. The molecule has 12 heteroatoms. The van der Waals surface area contributed by atoms with Crippen LogP contribution in [0.5, 0.6) is 0 Å². The molecule has 46 heavy (non-hydrogen) atoms. The Bertz CT molecular complexity index is 1310. The minimum absolute atomic E-state index is 0. The highest BCUT2D eigenvalue weighted by Gasteiger charge is 2.44. The lowest BCUT2D eigenvalue weighted by molar-refractivity contribution is -0.140. The fourth-order valence-corrected chi connectivity index (χ4v) is 6.80. The number of amides is 3. The zero-order valence-electron chi connectivity index (χ0n) is 26.7. The highest BCUT2D eigenvalue weighted by atomic mass is 35.5. The quantitative estimate of drug-likeness (QED) is 0.358. The summed E-state index contributed by atoms with van der Waals surface area (Å²) in [5.41, 5.74) is 4.37. The van der Waals surface area contributed by atoms with Crippen molar-refractivity contribution in [1.82, 2.24) is 20.4 Å². The van der Waals surface area contributed by atoms with Gasteiger partial charge in [0.1, 0.15) is 12.1 Å². The fraction of sp³-hybridized carbons (Fsp3) is 0.559. The Hall–Kier alpha value is -3.12. The number of benzene rings is 2. The average molecular weight is 655 g/mol. The van der Waals surface area contributed by atoms with Crippen LogP contribution in [-0.2, 0) is 34.0 Å². The number of carbonyl (C=O) groups is 3. The van der Waals surface area contributed by atoms with Crippen LogP contribution < -0.4 is 10.6 Å². The monoisotopic (exact) mass is 654 g/mol. The first-order valence-corrected chi connectivity index (χ1v) is 16.6. The smallest absolute Gasteiger partial charge is 0.444 e. The summed E-state index contributed by atoms with van der Waals surface area (Å²) in [5, 5.41) is 26.4. The van der Waals surface area contributed by atoms with Crippen molar-refractivity contribution in [1.29, 1.82) is 0 Å². The zero-order chi connectivity index (χ0) is 31.8. The Kier molecular flexibility index (Phi) is 13.3. The summed E-state index contributed by atoms with van der Waals surface area (Å²) in [7, 11) is -1.72. The minimum atomic E-state index is -1.72. The van der Waals surface area contributed by atoms with Gasteiger partial charge in [0.25, 0.3) is 0 Å². The van der Waals surface area contributed by atoms with Gasteiger partial charge in [0.15, 0.2) is 0 Å². The molecule has 2 saturated heterocycles. The SMILES string of the molecule is Cc1cccc(CNC2CCCCCCCCC[C@H](B(O)O)NC(=O)[C@@H]3C[C@@H](OC(=O)N4Cc5ccccc5C4)CN3C2=O)c1.Cl. The van der Waals surface area contributed by atoms with E-state index in [-0.39, 0.29) is 31.3 Å². The van der Waals surface area contributed by atoms with E-state index in [9.17, 15) is 24.4 Å². The van der Waals surface area contributed by atoms with Crippen molar-refractivity contribution < 1.29 is 29.2 Å².